The summed E-state index contributed by atoms with van der Waals surface area (Å²) in [7, 11) is 0. The molecule has 1 N–H and O–H groups in total. The van der Waals surface area contributed by atoms with Crippen molar-refractivity contribution >= 4 is 15.9 Å². The molecule has 74 valence electrons. The Morgan fingerprint density at radius 2 is 2.29 bits per heavy atom. The maximum absolute atomic E-state index is 12.4. The molecule has 1 rings (SSSR count). The van der Waals surface area contributed by atoms with Gasteiger partial charge in [-0.15, -0.1) is 0 Å². The number of nitrogens with one attached hydrogen (secondary N) is 1. The lowest BCUT2D eigenvalue weighted by molar-refractivity contribution is 0.150. The van der Waals surface area contributed by atoms with E-state index in [0.29, 0.717) is 0 Å². The van der Waals surface area contributed by atoms with Crippen molar-refractivity contribution in [1.82, 2.24) is 4.98 Å². The van der Waals surface area contributed by atoms with E-state index in [1.165, 1.54) is 0 Å². The van der Waals surface area contributed by atoms with E-state index in [0.717, 1.165) is 6.07 Å². The zero-order chi connectivity index (χ0) is 10.7. The van der Waals surface area contributed by atoms with Gasteiger partial charge in [-0.2, -0.15) is 5.26 Å². The van der Waals surface area contributed by atoms with Gasteiger partial charge in [0.15, 0.2) is 0 Å². The van der Waals surface area contributed by atoms with E-state index in [2.05, 4.69) is 20.9 Å². The topological polar surface area (TPSA) is 56.6 Å². The van der Waals surface area contributed by atoms with Crippen molar-refractivity contribution in [2.45, 2.75) is 12.8 Å². The van der Waals surface area contributed by atoms with Gasteiger partial charge in [-0.3, -0.25) is 4.79 Å². The molecule has 0 atom stereocenters. The van der Waals surface area contributed by atoms with Gasteiger partial charge >= 0.3 is 0 Å². The van der Waals surface area contributed by atoms with E-state index in [1.807, 2.05) is 0 Å². The van der Waals surface area contributed by atoms with Crippen LogP contribution in [0.5, 0.6) is 0 Å². The minimum atomic E-state index is -2.73. The Morgan fingerprint density at radius 1 is 1.64 bits per heavy atom. The van der Waals surface area contributed by atoms with Crippen LogP contribution in [0.4, 0.5) is 8.78 Å². The quantitative estimate of drug-likeness (QED) is 0.888. The maximum atomic E-state index is 12.4. The second-order valence-electron chi connectivity index (χ2n) is 2.53. The molecule has 0 saturated carbocycles. The van der Waals surface area contributed by atoms with E-state index >= 15 is 0 Å². The first-order valence-corrected chi connectivity index (χ1v) is 4.42. The molecular weight excluding hydrogens is 258 g/mol. The van der Waals surface area contributed by atoms with Gasteiger partial charge in [0.2, 0.25) is 0 Å². The zero-order valence-electron chi connectivity index (χ0n) is 6.85. The molecule has 0 aromatic carbocycles. The molecular formula is C8H5BrF2N2O. The van der Waals surface area contributed by atoms with E-state index in [9.17, 15) is 13.6 Å². The smallest absolute Gasteiger partial charge is 0.265 e. The molecule has 0 unspecified atom stereocenters. The summed E-state index contributed by atoms with van der Waals surface area (Å²) in [4.78, 5) is 13.4. The van der Waals surface area contributed by atoms with Crippen LogP contribution in [0.2, 0.25) is 0 Å². The predicted molar refractivity (Wildman–Crippen MR) is 49.0 cm³/mol. The molecule has 0 radical (unpaired) electrons. The van der Waals surface area contributed by atoms with Gasteiger partial charge in [-0.25, -0.2) is 8.78 Å². The second kappa shape index (κ2) is 4.33. The number of halogens is 3. The van der Waals surface area contributed by atoms with Crippen molar-refractivity contribution in [3.63, 3.8) is 0 Å². The first kappa shape index (κ1) is 10.9. The van der Waals surface area contributed by atoms with Crippen molar-refractivity contribution in [2.24, 2.45) is 0 Å². The number of rotatable bonds is 2. The zero-order valence-corrected chi connectivity index (χ0v) is 8.44. The predicted octanol–water partition coefficient (Wildman–Crippen LogP) is 2.14. The number of hydrogen-bond donors (Lipinski definition) is 1. The standard InChI is InChI=1S/C8H5BrF2N2O/c9-6-5(7(10)11)3-4(1-2-12)13-8(6)14/h3,7H,1H2,(H,13,14). The maximum Gasteiger partial charge on any atom is 0.265 e. The summed E-state index contributed by atoms with van der Waals surface area (Å²) in [5.41, 5.74) is -0.844. The summed E-state index contributed by atoms with van der Waals surface area (Å²) in [5, 5.41) is 8.34. The van der Waals surface area contributed by atoms with Gasteiger partial charge in [0.1, 0.15) is 0 Å². The minimum Gasteiger partial charge on any atom is -0.324 e. The summed E-state index contributed by atoms with van der Waals surface area (Å²) in [6.07, 6.45) is -2.83. The third kappa shape index (κ3) is 2.17. The molecule has 0 spiro atoms. The Bertz CT molecular complexity index is 436. The molecule has 1 aromatic heterocycles. The van der Waals surface area contributed by atoms with E-state index in [-0.39, 0.29) is 22.2 Å². The highest BCUT2D eigenvalue weighted by Gasteiger charge is 2.15. The van der Waals surface area contributed by atoms with Crippen molar-refractivity contribution in [1.29, 1.82) is 5.26 Å². The van der Waals surface area contributed by atoms with Crippen LogP contribution in [0, 0.1) is 11.3 Å². The average Bonchev–Trinajstić information content (AvgIpc) is 2.11. The number of H-pyrrole nitrogens is 1. The van der Waals surface area contributed by atoms with Crippen molar-refractivity contribution < 1.29 is 8.78 Å². The second-order valence-corrected chi connectivity index (χ2v) is 3.32. The van der Waals surface area contributed by atoms with E-state index in [1.54, 1.807) is 6.07 Å². The van der Waals surface area contributed by atoms with Gasteiger partial charge in [-0.05, 0) is 22.0 Å². The number of pyridine rings is 1. The molecule has 6 heteroatoms. The fourth-order valence-electron chi connectivity index (χ4n) is 0.958. The number of alkyl halides is 2. The summed E-state index contributed by atoms with van der Waals surface area (Å²) in [6, 6.07) is 2.88. The van der Waals surface area contributed by atoms with Crippen molar-refractivity contribution in [3.05, 3.63) is 32.2 Å². The van der Waals surface area contributed by atoms with Crippen LogP contribution in [-0.4, -0.2) is 4.98 Å². The highest BCUT2D eigenvalue weighted by molar-refractivity contribution is 9.10. The summed E-state index contributed by atoms with van der Waals surface area (Å²) in [6.45, 7) is 0. The molecule has 1 heterocycles. The minimum absolute atomic E-state index is 0.0950. The fourth-order valence-corrected chi connectivity index (χ4v) is 1.34. The van der Waals surface area contributed by atoms with Crippen LogP contribution in [-0.2, 0) is 6.42 Å². The molecule has 0 bridgehead atoms. The van der Waals surface area contributed by atoms with Crippen LogP contribution < -0.4 is 5.56 Å². The summed E-state index contributed by atoms with van der Waals surface area (Å²) >= 11 is 2.76. The SMILES string of the molecule is N#CCc1cc(C(F)F)c(Br)c(=O)[nH]1. The monoisotopic (exact) mass is 262 g/mol. The lowest BCUT2D eigenvalue weighted by Gasteiger charge is -2.03. The van der Waals surface area contributed by atoms with Crippen LogP contribution in [0.25, 0.3) is 0 Å². The van der Waals surface area contributed by atoms with Gasteiger partial charge in [0.25, 0.3) is 12.0 Å². The molecule has 0 aliphatic heterocycles. The molecule has 0 fully saturated rings. The summed E-state index contributed by atoms with van der Waals surface area (Å²) < 4.78 is 24.5. The molecule has 0 amide bonds. The highest BCUT2D eigenvalue weighted by Crippen LogP contribution is 2.24. The van der Waals surface area contributed by atoms with Crippen molar-refractivity contribution in [3.8, 4) is 6.07 Å². The lowest BCUT2D eigenvalue weighted by Crippen LogP contribution is -2.12. The van der Waals surface area contributed by atoms with Gasteiger partial charge in [0.05, 0.1) is 17.0 Å². The number of hydrogen-bond acceptors (Lipinski definition) is 2. The summed E-state index contributed by atoms with van der Waals surface area (Å²) in [5.74, 6) is 0. The first-order chi connectivity index (χ1) is 6.56. The largest absolute Gasteiger partial charge is 0.324 e. The Hall–Kier alpha value is -1.22. The number of nitrogens with zero attached hydrogens (tertiary/aromatic N) is 1. The molecule has 14 heavy (non-hydrogen) atoms. The highest BCUT2D eigenvalue weighted by atomic mass is 79.9. The Balaban J connectivity index is 3.30. The lowest BCUT2D eigenvalue weighted by atomic mass is 10.2. The van der Waals surface area contributed by atoms with Gasteiger partial charge in [0, 0.05) is 11.3 Å². The third-order valence-corrected chi connectivity index (χ3v) is 2.38. The number of aromatic amines is 1. The normalized spacial score (nSPS) is 10.2. The average molecular weight is 263 g/mol. The van der Waals surface area contributed by atoms with Crippen molar-refractivity contribution in [2.75, 3.05) is 0 Å². The Labute approximate surface area is 86.5 Å². The van der Waals surface area contributed by atoms with E-state index < -0.39 is 12.0 Å². The van der Waals surface area contributed by atoms with Crippen LogP contribution in [0.3, 0.4) is 0 Å². The molecule has 0 aliphatic rings. The number of nitriles is 1. The van der Waals surface area contributed by atoms with Crippen LogP contribution in [0.1, 0.15) is 17.7 Å². The Morgan fingerprint density at radius 3 is 2.79 bits per heavy atom. The van der Waals surface area contributed by atoms with Crippen LogP contribution in [0.15, 0.2) is 15.3 Å². The molecule has 3 nitrogen and oxygen atoms in total. The van der Waals surface area contributed by atoms with Gasteiger partial charge in [-0.1, -0.05) is 0 Å². The first-order valence-electron chi connectivity index (χ1n) is 3.63. The third-order valence-electron chi connectivity index (χ3n) is 1.56. The van der Waals surface area contributed by atoms with Crippen LogP contribution >= 0.6 is 15.9 Å². The van der Waals surface area contributed by atoms with E-state index in [4.69, 9.17) is 5.26 Å². The molecule has 1 aromatic rings. The fraction of sp³-hybridized carbons (Fsp3) is 0.250. The molecule has 0 aliphatic carbocycles. The Kier molecular flexibility index (Phi) is 3.36. The molecule has 0 saturated heterocycles. The number of aromatic nitrogens is 1. The van der Waals surface area contributed by atoms with Gasteiger partial charge < -0.3 is 4.98 Å².